The summed E-state index contributed by atoms with van der Waals surface area (Å²) in [6.07, 6.45) is 1.42. The van der Waals surface area contributed by atoms with Gasteiger partial charge in [0.25, 0.3) is 11.8 Å². The van der Waals surface area contributed by atoms with E-state index in [4.69, 9.17) is 5.26 Å². The maximum absolute atomic E-state index is 12.5. The number of nitrogens with one attached hydrogen (secondary N) is 2. The Kier molecular flexibility index (Phi) is 5.47. The normalized spacial score (nSPS) is 10.0. The van der Waals surface area contributed by atoms with Crippen LogP contribution in [-0.4, -0.2) is 16.8 Å². The fourth-order valence-corrected chi connectivity index (χ4v) is 2.77. The molecule has 2 amide bonds. The lowest BCUT2D eigenvalue weighted by Crippen LogP contribution is -2.17. The molecule has 0 saturated heterocycles. The number of pyridine rings is 1. The van der Waals surface area contributed by atoms with Crippen LogP contribution in [0, 0.1) is 25.2 Å². The molecule has 0 fully saturated rings. The third-order valence-electron chi connectivity index (χ3n) is 4.01. The van der Waals surface area contributed by atoms with Crippen molar-refractivity contribution in [1.82, 2.24) is 4.98 Å². The number of hydrogen-bond donors (Lipinski definition) is 2. The molecule has 3 aromatic rings. The maximum atomic E-state index is 12.5. The number of aromatic nitrogens is 1. The van der Waals surface area contributed by atoms with Crippen molar-refractivity contribution in [3.05, 3.63) is 88.7 Å². The zero-order valence-electron chi connectivity index (χ0n) is 15.5. The number of carbonyl (C=O) groups excluding carboxylic acids is 2. The molecule has 138 valence electrons. The maximum Gasteiger partial charge on any atom is 0.274 e. The molecular weight excluding hydrogens is 352 g/mol. The summed E-state index contributed by atoms with van der Waals surface area (Å²) in [5.74, 6) is -0.759. The van der Waals surface area contributed by atoms with Gasteiger partial charge in [-0.25, -0.2) is 0 Å². The Labute approximate surface area is 162 Å². The second-order valence-electron chi connectivity index (χ2n) is 6.40. The molecule has 0 atom stereocenters. The number of aryl methyl sites for hydroxylation is 2. The molecule has 28 heavy (non-hydrogen) atoms. The predicted octanol–water partition coefficient (Wildman–Crippen LogP) is 4.07. The molecule has 1 heterocycles. The lowest BCUT2D eigenvalue weighted by molar-refractivity contribution is 0.102. The largest absolute Gasteiger partial charge is 0.322 e. The quantitative estimate of drug-likeness (QED) is 0.723. The highest BCUT2D eigenvalue weighted by molar-refractivity contribution is 6.07. The van der Waals surface area contributed by atoms with Crippen LogP contribution in [0.5, 0.6) is 0 Å². The van der Waals surface area contributed by atoms with E-state index in [2.05, 4.69) is 15.6 Å². The van der Waals surface area contributed by atoms with Crippen LogP contribution in [0.2, 0.25) is 0 Å². The number of nitrogens with zero attached hydrogens (tertiary/aromatic N) is 2. The predicted molar refractivity (Wildman–Crippen MR) is 107 cm³/mol. The highest BCUT2D eigenvalue weighted by Crippen LogP contribution is 2.16. The molecule has 0 aliphatic heterocycles. The SMILES string of the molecule is Cc1cc(C)cc(NC(=O)c2ccnc(C(=O)Nc3ccc(C#N)cc3)c2)c1. The average Bonchev–Trinajstić information content (AvgIpc) is 2.68. The van der Waals surface area contributed by atoms with E-state index >= 15 is 0 Å². The summed E-state index contributed by atoms with van der Waals surface area (Å²) in [5, 5.41) is 14.4. The summed E-state index contributed by atoms with van der Waals surface area (Å²) >= 11 is 0. The molecule has 3 rings (SSSR count). The zero-order valence-corrected chi connectivity index (χ0v) is 15.5. The van der Waals surface area contributed by atoms with Gasteiger partial charge >= 0.3 is 0 Å². The molecule has 6 heteroatoms. The van der Waals surface area contributed by atoms with Crippen LogP contribution < -0.4 is 10.6 Å². The number of hydrogen-bond acceptors (Lipinski definition) is 4. The number of anilines is 2. The number of benzene rings is 2. The van der Waals surface area contributed by atoms with E-state index in [1.54, 1.807) is 30.3 Å². The van der Waals surface area contributed by atoms with Crippen molar-refractivity contribution in [1.29, 1.82) is 5.26 Å². The number of amides is 2. The minimum absolute atomic E-state index is 0.123. The summed E-state index contributed by atoms with van der Waals surface area (Å²) in [4.78, 5) is 29.0. The fraction of sp³-hybridized carbons (Fsp3) is 0.0909. The lowest BCUT2D eigenvalue weighted by Gasteiger charge is -2.09. The smallest absolute Gasteiger partial charge is 0.274 e. The lowest BCUT2D eigenvalue weighted by atomic mass is 10.1. The molecule has 0 saturated carbocycles. The van der Waals surface area contributed by atoms with Gasteiger partial charge in [0.05, 0.1) is 11.6 Å². The highest BCUT2D eigenvalue weighted by atomic mass is 16.2. The van der Waals surface area contributed by atoms with Crippen molar-refractivity contribution < 1.29 is 9.59 Å². The Morgan fingerprint density at radius 1 is 0.857 bits per heavy atom. The third kappa shape index (κ3) is 4.59. The first-order valence-electron chi connectivity index (χ1n) is 8.62. The molecule has 0 unspecified atom stereocenters. The summed E-state index contributed by atoms with van der Waals surface area (Å²) in [6, 6.07) is 17.3. The molecule has 1 aromatic heterocycles. The molecule has 0 bridgehead atoms. The Hall–Kier alpha value is -3.98. The van der Waals surface area contributed by atoms with Crippen molar-refractivity contribution in [2.75, 3.05) is 10.6 Å². The number of carbonyl (C=O) groups is 2. The van der Waals surface area contributed by atoms with Crippen molar-refractivity contribution in [3.63, 3.8) is 0 Å². The average molecular weight is 370 g/mol. The van der Waals surface area contributed by atoms with Gasteiger partial charge in [-0.1, -0.05) is 6.07 Å². The van der Waals surface area contributed by atoms with Gasteiger partial charge in [0.2, 0.25) is 0 Å². The summed E-state index contributed by atoms with van der Waals surface area (Å²) < 4.78 is 0. The number of rotatable bonds is 4. The summed E-state index contributed by atoms with van der Waals surface area (Å²) in [6.45, 7) is 3.92. The second kappa shape index (κ2) is 8.14. The van der Waals surface area contributed by atoms with Gasteiger partial charge in [-0.3, -0.25) is 14.6 Å². The molecule has 6 nitrogen and oxygen atoms in total. The Balaban J connectivity index is 1.74. The van der Waals surface area contributed by atoms with Gasteiger partial charge in [0, 0.05) is 23.1 Å². The summed E-state index contributed by atoms with van der Waals surface area (Å²) in [5.41, 5.74) is 4.29. The Bertz CT molecular complexity index is 1060. The minimum Gasteiger partial charge on any atom is -0.322 e. The molecule has 0 spiro atoms. The van der Waals surface area contributed by atoms with E-state index in [0.717, 1.165) is 11.1 Å². The van der Waals surface area contributed by atoms with E-state index in [1.807, 2.05) is 38.1 Å². The Morgan fingerprint density at radius 3 is 2.14 bits per heavy atom. The van der Waals surface area contributed by atoms with E-state index < -0.39 is 5.91 Å². The molecular formula is C22H18N4O2. The first kappa shape index (κ1) is 18.8. The van der Waals surface area contributed by atoms with Crippen molar-refractivity contribution in [2.24, 2.45) is 0 Å². The van der Waals surface area contributed by atoms with Gasteiger partial charge in [0.1, 0.15) is 5.69 Å². The van der Waals surface area contributed by atoms with E-state index in [-0.39, 0.29) is 11.6 Å². The van der Waals surface area contributed by atoms with Crippen LogP contribution in [0.4, 0.5) is 11.4 Å². The third-order valence-corrected chi connectivity index (χ3v) is 4.01. The van der Waals surface area contributed by atoms with Crippen LogP contribution >= 0.6 is 0 Å². The monoisotopic (exact) mass is 370 g/mol. The van der Waals surface area contributed by atoms with Gasteiger partial charge in [-0.05, 0) is 73.5 Å². The van der Waals surface area contributed by atoms with Gasteiger partial charge in [-0.15, -0.1) is 0 Å². The minimum atomic E-state index is -0.439. The van der Waals surface area contributed by atoms with Crippen LogP contribution in [0.1, 0.15) is 37.5 Å². The van der Waals surface area contributed by atoms with E-state index in [0.29, 0.717) is 22.5 Å². The van der Waals surface area contributed by atoms with Crippen molar-refractivity contribution >= 4 is 23.2 Å². The standard InChI is InChI=1S/C22H18N4O2/c1-14-9-15(2)11-19(10-14)26-21(27)17-7-8-24-20(12-17)22(28)25-18-5-3-16(13-23)4-6-18/h3-12H,1-2H3,(H,25,28)(H,26,27). The molecule has 0 aliphatic rings. The Morgan fingerprint density at radius 2 is 1.50 bits per heavy atom. The first-order chi connectivity index (χ1) is 13.4. The zero-order chi connectivity index (χ0) is 20.1. The van der Waals surface area contributed by atoms with Crippen molar-refractivity contribution in [2.45, 2.75) is 13.8 Å². The molecule has 0 aliphatic carbocycles. The van der Waals surface area contributed by atoms with Crippen LogP contribution in [-0.2, 0) is 0 Å². The molecule has 0 radical (unpaired) electrons. The van der Waals surface area contributed by atoms with Gasteiger partial charge in [-0.2, -0.15) is 5.26 Å². The van der Waals surface area contributed by atoms with Crippen molar-refractivity contribution in [3.8, 4) is 6.07 Å². The van der Waals surface area contributed by atoms with Crippen LogP contribution in [0.3, 0.4) is 0 Å². The summed E-state index contributed by atoms with van der Waals surface area (Å²) in [7, 11) is 0. The topological polar surface area (TPSA) is 94.9 Å². The highest BCUT2D eigenvalue weighted by Gasteiger charge is 2.13. The fourth-order valence-electron chi connectivity index (χ4n) is 2.77. The van der Waals surface area contributed by atoms with Gasteiger partial charge in [0.15, 0.2) is 0 Å². The van der Waals surface area contributed by atoms with Crippen LogP contribution in [0.25, 0.3) is 0 Å². The first-order valence-corrected chi connectivity index (χ1v) is 8.62. The van der Waals surface area contributed by atoms with E-state index in [1.165, 1.54) is 12.3 Å². The number of nitriles is 1. The van der Waals surface area contributed by atoms with Gasteiger partial charge < -0.3 is 10.6 Å². The second-order valence-corrected chi connectivity index (χ2v) is 6.40. The van der Waals surface area contributed by atoms with E-state index in [9.17, 15) is 9.59 Å². The van der Waals surface area contributed by atoms with Crippen LogP contribution in [0.15, 0.2) is 60.8 Å². The molecule has 2 aromatic carbocycles. The molecule has 2 N–H and O–H groups in total.